The minimum Gasteiger partial charge on any atom is -1.00 e. The Morgan fingerprint density at radius 1 is 0.407 bits per heavy atom. The fraction of sp³-hybridized carbons (Fsp3) is 0.292. The van der Waals surface area contributed by atoms with Crippen molar-refractivity contribution in [3.8, 4) is 0 Å². The number of benzene rings is 4. The predicted molar refractivity (Wildman–Crippen MR) is 236 cm³/mol. The van der Waals surface area contributed by atoms with Crippen LogP contribution in [0.25, 0.3) is 0 Å². The van der Waals surface area contributed by atoms with Crippen molar-refractivity contribution in [2.45, 2.75) is 91.4 Å². The Bertz CT molecular complexity index is 1630. The third-order valence-electron chi connectivity index (χ3n) is 10.2. The van der Waals surface area contributed by atoms with Gasteiger partial charge >= 0.3 is 26.2 Å². The SMILES string of the molecule is CC(C)[SiH]C(C)C.CC(C)c1cc([Si](C)(c2ccccc2)c2ccccc2)c[cH-]1.CC(C)c1cc([Si](C)(c2ccccc2)c2ccccc2)c[cH-]1.[Cl-].[Cl-].[Zr+4]. The molecule has 6 rings (SSSR count). The van der Waals surface area contributed by atoms with Gasteiger partial charge in [-0.1, -0.05) is 222 Å². The maximum absolute atomic E-state index is 2.47. The molecule has 0 heterocycles. The van der Waals surface area contributed by atoms with Crippen molar-refractivity contribution < 1.29 is 51.0 Å². The molecule has 0 atom stereocenters. The van der Waals surface area contributed by atoms with E-state index in [1.165, 1.54) is 42.2 Å². The van der Waals surface area contributed by atoms with Crippen molar-refractivity contribution in [2.24, 2.45) is 0 Å². The number of hydrogen-bond acceptors (Lipinski definition) is 0. The van der Waals surface area contributed by atoms with Crippen LogP contribution >= 0.6 is 0 Å². The molecule has 1 radical (unpaired) electrons. The summed E-state index contributed by atoms with van der Waals surface area (Å²) in [5, 5.41) is 8.91. The van der Waals surface area contributed by atoms with E-state index >= 15 is 0 Å². The van der Waals surface area contributed by atoms with E-state index in [1.54, 1.807) is 0 Å². The summed E-state index contributed by atoms with van der Waals surface area (Å²) in [6, 6.07) is 58.2. The van der Waals surface area contributed by atoms with Crippen molar-refractivity contribution >= 4 is 56.8 Å². The average molecular weight is 884 g/mol. The normalized spacial score (nSPS) is 11.1. The second kappa shape index (κ2) is 23.7. The largest absolute Gasteiger partial charge is 4.00 e. The molecule has 0 saturated heterocycles. The molecule has 6 aromatic rings. The van der Waals surface area contributed by atoms with Crippen LogP contribution in [-0.2, 0) is 26.2 Å². The maximum atomic E-state index is 2.47. The van der Waals surface area contributed by atoms with Crippen LogP contribution < -0.4 is 55.9 Å². The fourth-order valence-corrected chi connectivity index (χ4v) is 15.8. The number of hydrogen-bond donors (Lipinski definition) is 0. The van der Waals surface area contributed by atoms with Crippen molar-refractivity contribution in [3.63, 3.8) is 0 Å². The smallest absolute Gasteiger partial charge is 1.00 e. The zero-order valence-electron chi connectivity index (χ0n) is 34.2. The summed E-state index contributed by atoms with van der Waals surface area (Å²) >= 11 is 0. The van der Waals surface area contributed by atoms with Gasteiger partial charge in [-0.2, -0.15) is 45.8 Å². The summed E-state index contributed by atoms with van der Waals surface area (Å²) in [5.41, 5.74) is 4.81. The summed E-state index contributed by atoms with van der Waals surface area (Å²) in [6.45, 7) is 23.2. The first-order valence-electron chi connectivity index (χ1n) is 19.0. The molecule has 0 aliphatic heterocycles. The van der Waals surface area contributed by atoms with Crippen LogP contribution in [0.4, 0.5) is 0 Å². The molecule has 0 amide bonds. The van der Waals surface area contributed by atoms with Gasteiger partial charge in [-0.25, -0.2) is 12.1 Å². The number of halogens is 2. The van der Waals surface area contributed by atoms with Gasteiger partial charge in [0.1, 0.15) is 0 Å². The molecule has 0 N–H and O–H groups in total. The molecule has 6 heteroatoms. The van der Waals surface area contributed by atoms with E-state index in [2.05, 4.69) is 226 Å². The average Bonchev–Trinajstić information content (AvgIpc) is 3.85. The Hall–Kier alpha value is -2.31. The third kappa shape index (κ3) is 12.9. The molecule has 6 aromatic carbocycles. The predicted octanol–water partition coefficient (Wildman–Crippen LogP) is 3.34. The molecular weight excluding hydrogens is 823 g/mol. The molecule has 0 nitrogen and oxygen atoms in total. The Balaban J connectivity index is 0.000000439. The second-order valence-electron chi connectivity index (χ2n) is 15.6. The monoisotopic (exact) mass is 881 g/mol. The van der Waals surface area contributed by atoms with Crippen LogP contribution in [0.3, 0.4) is 0 Å². The summed E-state index contributed by atoms with van der Waals surface area (Å²) in [5.74, 6) is 1.16. The van der Waals surface area contributed by atoms with E-state index < -0.39 is 16.1 Å². The zero-order valence-corrected chi connectivity index (χ0v) is 41.3. The molecule has 0 spiro atoms. The van der Waals surface area contributed by atoms with Gasteiger partial charge in [0.2, 0.25) is 0 Å². The molecule has 0 aliphatic carbocycles. The summed E-state index contributed by atoms with van der Waals surface area (Å²) in [7, 11) is -3.09. The molecule has 0 aliphatic rings. The van der Waals surface area contributed by atoms with Crippen LogP contribution in [0.15, 0.2) is 158 Å². The molecule has 0 bridgehead atoms. The molecule has 54 heavy (non-hydrogen) atoms. The van der Waals surface area contributed by atoms with E-state index in [9.17, 15) is 0 Å². The topological polar surface area (TPSA) is 0 Å². The fourth-order valence-electron chi connectivity index (χ4n) is 7.12. The molecule has 0 saturated carbocycles. The summed E-state index contributed by atoms with van der Waals surface area (Å²) in [6.07, 6.45) is 0. The Morgan fingerprint density at radius 3 is 0.815 bits per heavy atom. The van der Waals surface area contributed by atoms with Crippen molar-refractivity contribution in [1.82, 2.24) is 0 Å². The van der Waals surface area contributed by atoms with Gasteiger partial charge in [-0.3, -0.25) is 0 Å². The molecule has 0 aromatic heterocycles. The summed E-state index contributed by atoms with van der Waals surface area (Å²) < 4.78 is 0. The van der Waals surface area contributed by atoms with Gasteiger partial charge in [0.15, 0.2) is 0 Å². The minimum atomic E-state index is -1.90. The van der Waals surface area contributed by atoms with Crippen molar-refractivity contribution in [1.29, 1.82) is 0 Å². The van der Waals surface area contributed by atoms with Gasteiger partial charge in [0.05, 0.1) is 16.1 Å². The van der Waals surface area contributed by atoms with Gasteiger partial charge in [-0.15, -0.1) is 0 Å². The molecule has 283 valence electrons. The van der Waals surface area contributed by atoms with Crippen molar-refractivity contribution in [2.75, 3.05) is 0 Å². The van der Waals surface area contributed by atoms with Crippen LogP contribution in [0, 0.1) is 0 Å². The third-order valence-corrected chi connectivity index (χ3v) is 20.6. The minimum absolute atomic E-state index is 0. The molecular formula is C48H61Cl2Si3Zr. The van der Waals surface area contributed by atoms with Gasteiger partial charge in [0.25, 0.3) is 0 Å². The first kappa shape index (κ1) is 49.7. The van der Waals surface area contributed by atoms with E-state index in [-0.39, 0.29) is 51.0 Å². The Morgan fingerprint density at radius 2 is 0.648 bits per heavy atom. The van der Waals surface area contributed by atoms with Gasteiger partial charge < -0.3 is 24.8 Å². The first-order valence-corrected chi connectivity index (χ1v) is 25.3. The van der Waals surface area contributed by atoms with Gasteiger partial charge in [-0.05, 0) is 11.8 Å². The second-order valence-corrected chi connectivity index (χ2v) is 26.6. The maximum Gasteiger partial charge on any atom is 4.00 e. The molecule has 0 fully saturated rings. The van der Waals surface area contributed by atoms with Crippen molar-refractivity contribution in [3.05, 3.63) is 169 Å². The van der Waals surface area contributed by atoms with E-state index in [0.29, 0.717) is 21.4 Å². The summed E-state index contributed by atoms with van der Waals surface area (Å²) in [4.78, 5) is 0. The van der Waals surface area contributed by atoms with E-state index in [1.807, 2.05) is 0 Å². The van der Waals surface area contributed by atoms with Crippen LogP contribution in [0.2, 0.25) is 24.2 Å². The number of rotatable bonds is 10. The Kier molecular flexibility index (Phi) is 21.8. The molecule has 0 unspecified atom stereocenters. The van der Waals surface area contributed by atoms with E-state index in [0.717, 1.165) is 11.1 Å². The first-order chi connectivity index (χ1) is 24.4. The van der Waals surface area contributed by atoms with Crippen LogP contribution in [0.1, 0.15) is 78.4 Å². The Labute approximate surface area is 365 Å². The zero-order chi connectivity index (χ0) is 37.0. The van der Waals surface area contributed by atoms with E-state index in [4.69, 9.17) is 0 Å². The van der Waals surface area contributed by atoms with Crippen LogP contribution in [0.5, 0.6) is 0 Å². The quantitative estimate of drug-likeness (QED) is 0.147. The van der Waals surface area contributed by atoms with Crippen LogP contribution in [-0.4, -0.2) is 25.7 Å². The van der Waals surface area contributed by atoms with Gasteiger partial charge in [0, 0.05) is 9.52 Å². The standard InChI is InChI=1S/2C21H23Si.C6H15Si.2ClH.Zr/c2*1-17(2)18-14-15-21(16-18)22(3,19-10-6-4-7-11-19)20-12-8-5-9-13-20;1-5(2)7-6(3)4;;;/h2*4-17H,1-3H3;5-7H,1-4H3;2*1H;/q2*-1;;;;+4/p-2.